The van der Waals surface area contributed by atoms with Crippen molar-refractivity contribution in [2.24, 2.45) is 5.92 Å². The largest absolute Gasteiger partial charge is 0.497 e. The molecule has 4 N–H and O–H groups in total. The molecule has 3 amide bonds. The number of rotatable bonds is 7. The van der Waals surface area contributed by atoms with Crippen LogP contribution in [-0.4, -0.2) is 78.8 Å². The third kappa shape index (κ3) is 7.82. The zero-order chi connectivity index (χ0) is 34.5. The Balaban J connectivity index is 1.28. The first-order valence-corrected chi connectivity index (χ1v) is 16.7. The molecule has 13 heteroatoms. The number of aryl methyl sites for hydroxylation is 1. The van der Waals surface area contributed by atoms with Gasteiger partial charge in [0.2, 0.25) is 11.8 Å². The highest BCUT2D eigenvalue weighted by atomic mass is 16.5. The van der Waals surface area contributed by atoms with Gasteiger partial charge in [-0.15, -0.1) is 0 Å². The van der Waals surface area contributed by atoms with Crippen molar-refractivity contribution in [2.75, 3.05) is 20.2 Å². The molecule has 0 fully saturated rings. The van der Waals surface area contributed by atoms with E-state index in [2.05, 4.69) is 44.8 Å². The molecule has 0 aliphatic carbocycles. The van der Waals surface area contributed by atoms with Gasteiger partial charge in [-0.1, -0.05) is 32.0 Å². The summed E-state index contributed by atoms with van der Waals surface area (Å²) in [7, 11) is 1.61. The number of benzene rings is 2. The Morgan fingerprint density at radius 1 is 1.02 bits per heavy atom. The number of H-pyrrole nitrogens is 2. The van der Waals surface area contributed by atoms with Crippen LogP contribution in [0.1, 0.15) is 66.9 Å². The van der Waals surface area contributed by atoms with E-state index >= 15 is 0 Å². The van der Waals surface area contributed by atoms with E-state index in [1.54, 1.807) is 22.8 Å². The number of ether oxygens (including phenoxy) is 1. The van der Waals surface area contributed by atoms with Crippen molar-refractivity contribution in [1.29, 1.82) is 0 Å². The Labute approximate surface area is 284 Å². The first kappa shape index (κ1) is 33.4. The molecule has 2 aromatic carbocycles. The number of methoxy groups -OCH3 is 1. The first-order chi connectivity index (χ1) is 23.7. The molecule has 13 nitrogen and oxygen atoms in total. The second kappa shape index (κ2) is 14.8. The molecule has 49 heavy (non-hydrogen) atoms. The first-order valence-electron chi connectivity index (χ1n) is 16.7. The third-order valence-electron chi connectivity index (χ3n) is 8.79. The summed E-state index contributed by atoms with van der Waals surface area (Å²) in [5.74, 6) is 1.38. The van der Waals surface area contributed by atoms with Crippen LogP contribution in [-0.2, 0) is 22.6 Å². The molecule has 0 unspecified atom stereocenters. The smallest absolute Gasteiger partial charge is 0.271 e. The van der Waals surface area contributed by atoms with Gasteiger partial charge in [0.05, 0.1) is 25.4 Å². The number of fused-ring (bicyclic) bond motifs is 2. The second-order valence-corrected chi connectivity index (χ2v) is 12.9. The maximum absolute atomic E-state index is 14.0. The van der Waals surface area contributed by atoms with E-state index in [1.807, 2.05) is 61.7 Å². The molecule has 0 saturated heterocycles. The van der Waals surface area contributed by atoms with Crippen LogP contribution < -0.4 is 15.4 Å². The average molecular weight is 666 g/mol. The van der Waals surface area contributed by atoms with Crippen LogP contribution in [0.3, 0.4) is 0 Å². The van der Waals surface area contributed by atoms with Crippen molar-refractivity contribution < 1.29 is 19.1 Å². The van der Waals surface area contributed by atoms with E-state index in [0.717, 1.165) is 27.8 Å². The Kier molecular flexibility index (Phi) is 10.1. The van der Waals surface area contributed by atoms with Gasteiger partial charge in [0.1, 0.15) is 29.1 Å². The summed E-state index contributed by atoms with van der Waals surface area (Å²) in [6.07, 6.45) is 3.35. The minimum atomic E-state index is -0.819. The summed E-state index contributed by atoms with van der Waals surface area (Å²) >= 11 is 0. The number of aromatic amines is 2. The van der Waals surface area contributed by atoms with Crippen LogP contribution in [0.2, 0.25) is 0 Å². The minimum absolute atomic E-state index is 0.143. The molecule has 0 bridgehead atoms. The summed E-state index contributed by atoms with van der Waals surface area (Å²) in [6.45, 7) is 6.98. The zero-order valence-corrected chi connectivity index (χ0v) is 28.3. The van der Waals surface area contributed by atoms with Crippen LogP contribution in [0.4, 0.5) is 0 Å². The van der Waals surface area contributed by atoms with Gasteiger partial charge in [0, 0.05) is 48.6 Å². The molecule has 0 spiro atoms. The maximum Gasteiger partial charge on any atom is 0.271 e. The Morgan fingerprint density at radius 2 is 1.82 bits per heavy atom. The van der Waals surface area contributed by atoms with E-state index in [9.17, 15) is 14.4 Å². The molecule has 256 valence electrons. The summed E-state index contributed by atoms with van der Waals surface area (Å²) in [4.78, 5) is 51.0. The van der Waals surface area contributed by atoms with Gasteiger partial charge in [0.25, 0.3) is 5.91 Å². The highest BCUT2D eigenvalue weighted by Gasteiger charge is 2.29. The van der Waals surface area contributed by atoms with Crippen LogP contribution >= 0.6 is 0 Å². The molecule has 4 heterocycles. The number of amides is 3. The van der Waals surface area contributed by atoms with Crippen molar-refractivity contribution in [3.63, 3.8) is 0 Å². The quantitative estimate of drug-likeness (QED) is 0.201. The second-order valence-electron chi connectivity index (χ2n) is 12.9. The number of hydrogen-bond donors (Lipinski definition) is 4. The molecule has 1 aliphatic rings. The van der Waals surface area contributed by atoms with Crippen molar-refractivity contribution in [3.8, 4) is 17.0 Å². The van der Waals surface area contributed by atoms with Gasteiger partial charge in [-0.05, 0) is 67.6 Å². The minimum Gasteiger partial charge on any atom is -0.497 e. The van der Waals surface area contributed by atoms with Gasteiger partial charge in [-0.2, -0.15) is 10.2 Å². The van der Waals surface area contributed by atoms with Crippen LogP contribution in [0.15, 0.2) is 60.8 Å². The van der Waals surface area contributed by atoms with Gasteiger partial charge in [-0.3, -0.25) is 19.5 Å². The fourth-order valence-electron chi connectivity index (χ4n) is 6.34. The average Bonchev–Trinajstić information content (AvgIpc) is 3.84. The summed E-state index contributed by atoms with van der Waals surface area (Å²) < 4.78 is 7.05. The molecular weight excluding hydrogens is 622 g/mol. The molecule has 6 rings (SSSR count). The molecular formula is C36H43N9O4. The summed E-state index contributed by atoms with van der Waals surface area (Å²) in [6, 6.07) is 15.8. The van der Waals surface area contributed by atoms with Gasteiger partial charge < -0.3 is 25.3 Å². The van der Waals surface area contributed by atoms with Crippen molar-refractivity contribution >= 4 is 28.6 Å². The lowest BCUT2D eigenvalue weighted by Crippen LogP contribution is -2.49. The molecule has 5 aromatic rings. The van der Waals surface area contributed by atoms with Crippen molar-refractivity contribution in [1.82, 2.24) is 45.5 Å². The fraction of sp³-hybridized carbons (Fsp3) is 0.389. The summed E-state index contributed by atoms with van der Waals surface area (Å²) in [5, 5.41) is 19.2. The third-order valence-corrected chi connectivity index (χ3v) is 8.79. The van der Waals surface area contributed by atoms with Crippen LogP contribution in [0.5, 0.6) is 5.75 Å². The van der Waals surface area contributed by atoms with Gasteiger partial charge in [-0.25, -0.2) is 9.67 Å². The summed E-state index contributed by atoms with van der Waals surface area (Å²) in [5.41, 5.74) is 3.72. The van der Waals surface area contributed by atoms with E-state index in [-0.39, 0.29) is 30.1 Å². The molecule has 2 atom stereocenters. The standard InChI is InChI=1S/C36H43N9O4/c1-22(2)18-30-34-38-23(3)43-45(34)17-16-44(36(48)32-20-29(41-42-32)24-11-13-26(49-4)14-12-24)15-7-10-33(46)39-31(35(47)40-30)19-25-21-37-28-9-6-5-8-27(25)28/h5-6,8-9,11-14,20-22,30-31,37H,7,10,15-19H2,1-4H3,(H,39,46)(H,40,47)(H,41,42)/t30-,31+/m0/s1. The Bertz CT molecular complexity index is 1920. The van der Waals surface area contributed by atoms with E-state index in [1.165, 1.54) is 0 Å². The lowest BCUT2D eigenvalue weighted by atomic mass is 10.0. The molecule has 3 aromatic heterocycles. The SMILES string of the molecule is COc1ccc(-c2cc(C(=O)N3CCCC(=O)N[C@H](Cc4c[nH]c5ccccc45)C(=O)N[C@@H](CC(C)C)c4nc(C)nn4CC3)[nH]n2)cc1. The molecule has 0 saturated carbocycles. The number of para-hydroxylation sites is 1. The number of hydrogen-bond acceptors (Lipinski definition) is 7. The fourth-order valence-corrected chi connectivity index (χ4v) is 6.34. The van der Waals surface area contributed by atoms with Crippen LogP contribution in [0, 0.1) is 12.8 Å². The van der Waals surface area contributed by atoms with E-state index in [0.29, 0.717) is 61.9 Å². The predicted molar refractivity (Wildman–Crippen MR) is 185 cm³/mol. The molecule has 0 radical (unpaired) electrons. The lowest BCUT2D eigenvalue weighted by molar-refractivity contribution is -0.129. The zero-order valence-electron chi connectivity index (χ0n) is 28.3. The number of nitrogens with zero attached hydrogens (tertiary/aromatic N) is 5. The normalized spacial score (nSPS) is 17.8. The van der Waals surface area contributed by atoms with Gasteiger partial charge in [0.15, 0.2) is 0 Å². The predicted octanol–water partition coefficient (Wildman–Crippen LogP) is 4.33. The van der Waals surface area contributed by atoms with Crippen molar-refractivity contribution in [3.05, 3.63) is 83.7 Å². The number of carbonyl (C=O) groups excluding carboxylic acids is 3. The monoisotopic (exact) mass is 665 g/mol. The van der Waals surface area contributed by atoms with Crippen LogP contribution in [0.25, 0.3) is 22.2 Å². The number of carbonyl (C=O) groups is 3. The highest BCUT2D eigenvalue weighted by molar-refractivity contribution is 5.93. The van der Waals surface area contributed by atoms with E-state index < -0.39 is 12.1 Å². The lowest BCUT2D eigenvalue weighted by Gasteiger charge is -2.27. The Morgan fingerprint density at radius 3 is 2.59 bits per heavy atom. The maximum atomic E-state index is 14.0. The van der Waals surface area contributed by atoms with Gasteiger partial charge >= 0.3 is 0 Å². The highest BCUT2D eigenvalue weighted by Crippen LogP contribution is 2.24. The number of nitrogens with one attached hydrogen (secondary N) is 4. The topological polar surface area (TPSA) is 163 Å². The Hall–Kier alpha value is -5.46. The molecule has 1 aliphatic heterocycles. The van der Waals surface area contributed by atoms with E-state index in [4.69, 9.17) is 9.72 Å². The number of aromatic nitrogens is 6. The van der Waals surface area contributed by atoms with Crippen molar-refractivity contribution in [2.45, 2.75) is 65.1 Å².